The minimum absolute atomic E-state index is 0.212. The Morgan fingerprint density at radius 3 is 2.67 bits per heavy atom. The highest BCUT2D eigenvalue weighted by atomic mass is 16.3. The number of benzene rings is 2. The van der Waals surface area contributed by atoms with E-state index in [1.54, 1.807) is 12.1 Å². The van der Waals surface area contributed by atoms with Crippen molar-refractivity contribution < 1.29 is 5.11 Å². The van der Waals surface area contributed by atoms with Crippen molar-refractivity contribution in [1.29, 1.82) is 0 Å². The summed E-state index contributed by atoms with van der Waals surface area (Å²) < 4.78 is 0. The third-order valence-electron chi connectivity index (χ3n) is 3.71. The summed E-state index contributed by atoms with van der Waals surface area (Å²) >= 11 is 0. The first-order valence-electron chi connectivity index (χ1n) is 7.16. The lowest BCUT2D eigenvalue weighted by Crippen LogP contribution is -2.09. The molecule has 1 unspecified atom stereocenters. The number of fused-ring (bicyclic) bond motifs is 1. The van der Waals surface area contributed by atoms with Crippen LogP contribution in [0.15, 0.2) is 60.9 Å². The number of nitrogens with one attached hydrogen (secondary N) is 1. The number of rotatable bonds is 4. The molecule has 0 saturated carbocycles. The molecular weight excluding hydrogens is 260 g/mol. The van der Waals surface area contributed by atoms with Crippen LogP contribution in [0.1, 0.15) is 24.9 Å². The van der Waals surface area contributed by atoms with E-state index in [1.807, 2.05) is 36.7 Å². The molecule has 2 aromatic carbocycles. The number of aromatic nitrogens is 1. The van der Waals surface area contributed by atoms with E-state index in [0.717, 1.165) is 17.5 Å². The molecule has 0 radical (unpaired) electrons. The molecule has 0 saturated heterocycles. The summed E-state index contributed by atoms with van der Waals surface area (Å²) in [7, 11) is 0. The van der Waals surface area contributed by atoms with Crippen LogP contribution in [0.3, 0.4) is 0 Å². The third kappa shape index (κ3) is 2.82. The predicted octanol–water partition coefficient (Wildman–Crippen LogP) is 4.50. The monoisotopic (exact) mass is 278 g/mol. The number of anilines is 1. The second-order valence-electron chi connectivity index (χ2n) is 5.10. The van der Waals surface area contributed by atoms with Gasteiger partial charge >= 0.3 is 0 Å². The van der Waals surface area contributed by atoms with Crippen molar-refractivity contribution in [3.63, 3.8) is 0 Å². The quantitative estimate of drug-likeness (QED) is 0.738. The SMILES string of the molecule is CCC(Nc1cccc2cnccc12)c1ccc(O)cc1. The molecule has 0 aliphatic heterocycles. The summed E-state index contributed by atoms with van der Waals surface area (Å²) in [6.07, 6.45) is 4.66. The van der Waals surface area contributed by atoms with Crippen molar-refractivity contribution >= 4 is 16.5 Å². The van der Waals surface area contributed by atoms with E-state index in [0.29, 0.717) is 5.75 Å². The summed E-state index contributed by atoms with van der Waals surface area (Å²) in [5.74, 6) is 0.296. The number of phenolic OH excluding ortho intramolecular Hbond substituents is 1. The van der Waals surface area contributed by atoms with E-state index in [-0.39, 0.29) is 6.04 Å². The number of hydrogen-bond acceptors (Lipinski definition) is 3. The second kappa shape index (κ2) is 5.83. The maximum atomic E-state index is 9.41. The van der Waals surface area contributed by atoms with Crippen molar-refractivity contribution in [2.24, 2.45) is 0 Å². The van der Waals surface area contributed by atoms with Gasteiger partial charge in [-0.05, 0) is 36.2 Å². The Morgan fingerprint density at radius 2 is 1.90 bits per heavy atom. The van der Waals surface area contributed by atoms with Gasteiger partial charge in [-0.3, -0.25) is 4.98 Å². The zero-order chi connectivity index (χ0) is 14.7. The highest BCUT2D eigenvalue weighted by Crippen LogP contribution is 2.28. The van der Waals surface area contributed by atoms with Crippen LogP contribution in [0.2, 0.25) is 0 Å². The molecule has 0 fully saturated rings. The predicted molar refractivity (Wildman–Crippen MR) is 86.5 cm³/mol. The largest absolute Gasteiger partial charge is 0.508 e. The van der Waals surface area contributed by atoms with Crippen LogP contribution in [0, 0.1) is 0 Å². The van der Waals surface area contributed by atoms with Crippen molar-refractivity contribution in [2.75, 3.05) is 5.32 Å². The van der Waals surface area contributed by atoms with Gasteiger partial charge in [0.25, 0.3) is 0 Å². The van der Waals surface area contributed by atoms with E-state index >= 15 is 0 Å². The summed E-state index contributed by atoms with van der Waals surface area (Å²) in [6, 6.07) is 15.8. The van der Waals surface area contributed by atoms with Crippen LogP contribution in [-0.2, 0) is 0 Å². The minimum Gasteiger partial charge on any atom is -0.508 e. The fourth-order valence-corrected chi connectivity index (χ4v) is 2.56. The molecule has 3 nitrogen and oxygen atoms in total. The number of aromatic hydroxyl groups is 1. The zero-order valence-electron chi connectivity index (χ0n) is 12.0. The number of nitrogens with zero attached hydrogens (tertiary/aromatic N) is 1. The van der Waals surface area contributed by atoms with Gasteiger partial charge in [-0.25, -0.2) is 0 Å². The maximum Gasteiger partial charge on any atom is 0.115 e. The highest BCUT2D eigenvalue weighted by molar-refractivity contribution is 5.93. The molecule has 2 N–H and O–H groups in total. The Hall–Kier alpha value is -2.55. The Balaban J connectivity index is 1.94. The summed E-state index contributed by atoms with van der Waals surface area (Å²) in [5.41, 5.74) is 2.27. The van der Waals surface area contributed by atoms with Gasteiger partial charge in [-0.15, -0.1) is 0 Å². The summed E-state index contributed by atoms with van der Waals surface area (Å²) in [6.45, 7) is 2.15. The van der Waals surface area contributed by atoms with E-state index in [1.165, 1.54) is 10.9 Å². The summed E-state index contributed by atoms with van der Waals surface area (Å²) in [4.78, 5) is 4.17. The van der Waals surface area contributed by atoms with Gasteiger partial charge in [-0.2, -0.15) is 0 Å². The molecule has 3 rings (SSSR count). The molecule has 1 atom stereocenters. The molecule has 0 aliphatic rings. The first-order chi connectivity index (χ1) is 10.3. The molecule has 0 bridgehead atoms. The van der Waals surface area contributed by atoms with E-state index in [4.69, 9.17) is 0 Å². The van der Waals surface area contributed by atoms with Crippen LogP contribution in [-0.4, -0.2) is 10.1 Å². The van der Waals surface area contributed by atoms with Gasteiger partial charge in [0.2, 0.25) is 0 Å². The second-order valence-corrected chi connectivity index (χ2v) is 5.10. The molecular formula is C18H18N2O. The van der Waals surface area contributed by atoms with Crippen LogP contribution in [0.4, 0.5) is 5.69 Å². The zero-order valence-corrected chi connectivity index (χ0v) is 12.0. The topological polar surface area (TPSA) is 45.2 Å². The average Bonchev–Trinajstić information content (AvgIpc) is 2.54. The molecule has 3 aromatic rings. The third-order valence-corrected chi connectivity index (χ3v) is 3.71. The lowest BCUT2D eigenvalue weighted by Gasteiger charge is -2.20. The van der Waals surface area contributed by atoms with E-state index < -0.39 is 0 Å². The first kappa shape index (κ1) is 13.4. The molecule has 0 aliphatic carbocycles. The molecule has 21 heavy (non-hydrogen) atoms. The number of pyridine rings is 1. The van der Waals surface area contributed by atoms with Gasteiger partial charge in [-0.1, -0.05) is 31.2 Å². The Labute approximate surface area is 124 Å². The van der Waals surface area contributed by atoms with Crippen LogP contribution >= 0.6 is 0 Å². The van der Waals surface area contributed by atoms with Crippen molar-refractivity contribution in [1.82, 2.24) is 4.98 Å². The minimum atomic E-state index is 0.212. The molecule has 3 heteroatoms. The standard InChI is InChI=1S/C18H18N2O/c1-2-17(13-6-8-15(21)9-7-13)20-18-5-3-4-14-12-19-11-10-16(14)18/h3-12,17,20-21H,2H2,1H3. The van der Waals surface area contributed by atoms with Gasteiger partial charge in [0.15, 0.2) is 0 Å². The fourth-order valence-electron chi connectivity index (χ4n) is 2.56. The van der Waals surface area contributed by atoms with Crippen molar-refractivity contribution in [2.45, 2.75) is 19.4 Å². The summed E-state index contributed by atoms with van der Waals surface area (Å²) in [5, 5.41) is 15.3. The lowest BCUT2D eigenvalue weighted by atomic mass is 10.0. The number of phenols is 1. The molecule has 1 aromatic heterocycles. The van der Waals surface area contributed by atoms with Gasteiger partial charge < -0.3 is 10.4 Å². The van der Waals surface area contributed by atoms with Crippen LogP contribution < -0.4 is 5.32 Å². The van der Waals surface area contributed by atoms with Gasteiger partial charge in [0.05, 0.1) is 6.04 Å². The highest BCUT2D eigenvalue weighted by Gasteiger charge is 2.10. The number of hydrogen-bond donors (Lipinski definition) is 2. The maximum absolute atomic E-state index is 9.41. The lowest BCUT2D eigenvalue weighted by molar-refractivity contribution is 0.475. The average molecular weight is 278 g/mol. The molecule has 0 amide bonds. The Kier molecular flexibility index (Phi) is 3.73. The molecule has 1 heterocycles. The fraction of sp³-hybridized carbons (Fsp3) is 0.167. The van der Waals surface area contributed by atoms with Crippen LogP contribution in [0.5, 0.6) is 5.75 Å². The van der Waals surface area contributed by atoms with Gasteiger partial charge in [0.1, 0.15) is 5.75 Å². The van der Waals surface area contributed by atoms with Crippen LogP contribution in [0.25, 0.3) is 10.8 Å². The smallest absolute Gasteiger partial charge is 0.115 e. The molecule has 106 valence electrons. The Morgan fingerprint density at radius 1 is 1.10 bits per heavy atom. The van der Waals surface area contributed by atoms with Crippen molar-refractivity contribution in [3.05, 3.63) is 66.5 Å². The Bertz CT molecular complexity index is 732. The molecule has 0 spiro atoms. The van der Waals surface area contributed by atoms with Gasteiger partial charge in [0, 0.05) is 28.9 Å². The van der Waals surface area contributed by atoms with Crippen molar-refractivity contribution in [3.8, 4) is 5.75 Å². The van der Waals surface area contributed by atoms with E-state index in [2.05, 4.69) is 29.4 Å². The van der Waals surface area contributed by atoms with E-state index in [9.17, 15) is 5.11 Å². The normalized spacial score (nSPS) is 12.2. The first-order valence-corrected chi connectivity index (χ1v) is 7.16.